The molecule has 116 valence electrons. The maximum atomic E-state index is 11.3. The standard InChI is InChI=1S/C17H30O3/c1-15(2)5-3-6-17(18,13-15)14-4-9-20-16(12-14)7-10-19-11-8-16/h14,18H,3-13H2,1-2H3. The molecule has 3 heteroatoms. The predicted octanol–water partition coefficient (Wildman–Crippen LogP) is 3.29. The monoisotopic (exact) mass is 282 g/mol. The maximum Gasteiger partial charge on any atom is 0.0730 e. The van der Waals surface area contributed by atoms with E-state index >= 15 is 0 Å². The lowest BCUT2D eigenvalue weighted by Crippen LogP contribution is -2.53. The molecular formula is C17H30O3. The summed E-state index contributed by atoms with van der Waals surface area (Å²) in [7, 11) is 0. The Kier molecular flexibility index (Phi) is 3.89. The lowest BCUT2D eigenvalue weighted by Gasteiger charge is -2.51. The van der Waals surface area contributed by atoms with Crippen molar-refractivity contribution in [2.45, 2.75) is 76.4 Å². The minimum atomic E-state index is -0.461. The highest BCUT2D eigenvalue weighted by molar-refractivity contribution is 5.00. The zero-order valence-electron chi connectivity index (χ0n) is 13.1. The van der Waals surface area contributed by atoms with Gasteiger partial charge in [0.1, 0.15) is 0 Å². The minimum absolute atomic E-state index is 0.00150. The van der Waals surface area contributed by atoms with Crippen molar-refractivity contribution in [3.8, 4) is 0 Å². The predicted molar refractivity (Wildman–Crippen MR) is 78.7 cm³/mol. The summed E-state index contributed by atoms with van der Waals surface area (Å²) < 4.78 is 11.6. The molecule has 3 aliphatic rings. The van der Waals surface area contributed by atoms with Gasteiger partial charge in [-0.15, -0.1) is 0 Å². The van der Waals surface area contributed by atoms with Crippen LogP contribution in [0.3, 0.4) is 0 Å². The largest absolute Gasteiger partial charge is 0.390 e. The van der Waals surface area contributed by atoms with Crippen molar-refractivity contribution >= 4 is 0 Å². The Morgan fingerprint density at radius 3 is 2.45 bits per heavy atom. The molecule has 2 unspecified atom stereocenters. The molecule has 1 spiro atoms. The van der Waals surface area contributed by atoms with Gasteiger partial charge in [0.05, 0.1) is 11.2 Å². The van der Waals surface area contributed by atoms with Crippen LogP contribution < -0.4 is 0 Å². The lowest BCUT2D eigenvalue weighted by molar-refractivity contribution is -0.186. The summed E-state index contributed by atoms with van der Waals surface area (Å²) in [5, 5.41) is 11.3. The smallest absolute Gasteiger partial charge is 0.0730 e. The number of ether oxygens (including phenoxy) is 2. The van der Waals surface area contributed by atoms with Crippen molar-refractivity contribution in [1.29, 1.82) is 0 Å². The number of hydrogen-bond donors (Lipinski definition) is 1. The SMILES string of the molecule is CC1(C)CCCC(O)(C2CCOC3(CCOCC3)C2)C1. The summed E-state index contributed by atoms with van der Waals surface area (Å²) in [4.78, 5) is 0. The van der Waals surface area contributed by atoms with Gasteiger partial charge in [-0.2, -0.15) is 0 Å². The molecule has 2 aliphatic heterocycles. The van der Waals surface area contributed by atoms with E-state index in [1.165, 1.54) is 6.42 Å². The van der Waals surface area contributed by atoms with E-state index in [4.69, 9.17) is 9.47 Å². The third-order valence-electron chi connectivity index (χ3n) is 5.90. The van der Waals surface area contributed by atoms with E-state index in [9.17, 15) is 5.11 Å². The highest BCUT2D eigenvalue weighted by atomic mass is 16.5. The van der Waals surface area contributed by atoms with Gasteiger partial charge in [-0.25, -0.2) is 0 Å². The van der Waals surface area contributed by atoms with Gasteiger partial charge in [-0.05, 0) is 56.3 Å². The van der Waals surface area contributed by atoms with Crippen LogP contribution >= 0.6 is 0 Å². The van der Waals surface area contributed by atoms with E-state index in [0.717, 1.165) is 64.8 Å². The first-order chi connectivity index (χ1) is 9.43. The average molecular weight is 282 g/mol. The van der Waals surface area contributed by atoms with Crippen molar-refractivity contribution in [2.75, 3.05) is 19.8 Å². The molecule has 1 saturated carbocycles. The van der Waals surface area contributed by atoms with Crippen LogP contribution in [-0.2, 0) is 9.47 Å². The molecular weight excluding hydrogens is 252 g/mol. The minimum Gasteiger partial charge on any atom is -0.390 e. The van der Waals surface area contributed by atoms with Crippen molar-refractivity contribution < 1.29 is 14.6 Å². The molecule has 2 heterocycles. The molecule has 3 rings (SSSR count). The molecule has 0 aromatic rings. The van der Waals surface area contributed by atoms with E-state index < -0.39 is 5.60 Å². The van der Waals surface area contributed by atoms with E-state index in [2.05, 4.69) is 13.8 Å². The van der Waals surface area contributed by atoms with Crippen LogP contribution in [0, 0.1) is 11.3 Å². The van der Waals surface area contributed by atoms with Crippen LogP contribution in [0.15, 0.2) is 0 Å². The van der Waals surface area contributed by atoms with Gasteiger partial charge in [0.25, 0.3) is 0 Å². The summed E-state index contributed by atoms with van der Waals surface area (Å²) in [6.07, 6.45) is 8.41. The first kappa shape index (κ1) is 14.8. The summed E-state index contributed by atoms with van der Waals surface area (Å²) >= 11 is 0. The van der Waals surface area contributed by atoms with Crippen LogP contribution in [0.25, 0.3) is 0 Å². The van der Waals surface area contributed by atoms with Crippen LogP contribution in [-0.4, -0.2) is 36.1 Å². The molecule has 2 saturated heterocycles. The zero-order chi connectivity index (χ0) is 14.3. The maximum absolute atomic E-state index is 11.3. The van der Waals surface area contributed by atoms with Gasteiger partial charge in [-0.3, -0.25) is 0 Å². The summed E-state index contributed by atoms with van der Waals surface area (Å²) in [6, 6.07) is 0. The Hall–Kier alpha value is -0.120. The molecule has 1 aliphatic carbocycles. The molecule has 0 amide bonds. The summed E-state index contributed by atoms with van der Waals surface area (Å²) in [5.74, 6) is 0.411. The first-order valence-electron chi connectivity index (χ1n) is 8.37. The number of hydrogen-bond acceptors (Lipinski definition) is 3. The molecule has 20 heavy (non-hydrogen) atoms. The Balaban J connectivity index is 1.72. The van der Waals surface area contributed by atoms with Gasteiger partial charge < -0.3 is 14.6 Å². The first-order valence-corrected chi connectivity index (χ1v) is 8.37. The highest BCUT2D eigenvalue weighted by Gasteiger charge is 2.49. The van der Waals surface area contributed by atoms with E-state index in [-0.39, 0.29) is 11.0 Å². The number of aliphatic hydroxyl groups is 1. The van der Waals surface area contributed by atoms with Gasteiger partial charge in [0, 0.05) is 19.8 Å². The lowest BCUT2D eigenvalue weighted by atomic mass is 9.62. The summed E-state index contributed by atoms with van der Waals surface area (Å²) in [6.45, 7) is 7.06. The van der Waals surface area contributed by atoms with Crippen LogP contribution in [0.2, 0.25) is 0 Å². The van der Waals surface area contributed by atoms with Crippen molar-refractivity contribution in [1.82, 2.24) is 0 Å². The topological polar surface area (TPSA) is 38.7 Å². The molecule has 1 N–H and O–H groups in total. The zero-order valence-corrected chi connectivity index (χ0v) is 13.1. The third kappa shape index (κ3) is 2.90. The van der Waals surface area contributed by atoms with E-state index in [1.54, 1.807) is 0 Å². The Morgan fingerprint density at radius 1 is 1.00 bits per heavy atom. The van der Waals surface area contributed by atoms with Crippen LogP contribution in [0.1, 0.15) is 65.2 Å². The average Bonchev–Trinajstić information content (AvgIpc) is 2.38. The fourth-order valence-corrected chi connectivity index (χ4v) is 4.81. The van der Waals surface area contributed by atoms with Crippen molar-refractivity contribution in [3.63, 3.8) is 0 Å². The second-order valence-corrected chi connectivity index (χ2v) is 8.13. The van der Waals surface area contributed by atoms with E-state index in [1.807, 2.05) is 0 Å². The molecule has 0 aromatic heterocycles. The third-order valence-corrected chi connectivity index (χ3v) is 5.90. The van der Waals surface area contributed by atoms with Gasteiger partial charge in [-0.1, -0.05) is 20.3 Å². The fraction of sp³-hybridized carbons (Fsp3) is 1.00. The van der Waals surface area contributed by atoms with Gasteiger partial charge >= 0.3 is 0 Å². The molecule has 3 fully saturated rings. The number of rotatable bonds is 1. The molecule has 0 aromatic carbocycles. The van der Waals surface area contributed by atoms with Crippen LogP contribution in [0.5, 0.6) is 0 Å². The second kappa shape index (κ2) is 5.26. The Morgan fingerprint density at radius 2 is 1.75 bits per heavy atom. The van der Waals surface area contributed by atoms with Gasteiger partial charge in [0.15, 0.2) is 0 Å². The van der Waals surface area contributed by atoms with Crippen molar-refractivity contribution in [2.24, 2.45) is 11.3 Å². The fourth-order valence-electron chi connectivity index (χ4n) is 4.81. The molecule has 0 bridgehead atoms. The van der Waals surface area contributed by atoms with Gasteiger partial charge in [0.2, 0.25) is 0 Å². The Labute approximate surface area is 123 Å². The highest BCUT2D eigenvalue weighted by Crippen LogP contribution is 2.50. The van der Waals surface area contributed by atoms with Crippen molar-refractivity contribution in [3.05, 3.63) is 0 Å². The van der Waals surface area contributed by atoms with E-state index in [0.29, 0.717) is 5.92 Å². The quantitative estimate of drug-likeness (QED) is 0.802. The Bertz CT molecular complexity index is 341. The molecule has 0 radical (unpaired) electrons. The molecule has 2 atom stereocenters. The molecule has 3 nitrogen and oxygen atoms in total. The normalized spacial score (nSPS) is 40.6. The second-order valence-electron chi connectivity index (χ2n) is 8.13. The van der Waals surface area contributed by atoms with Crippen LogP contribution in [0.4, 0.5) is 0 Å². The summed E-state index contributed by atoms with van der Waals surface area (Å²) in [5.41, 5.74) is -0.177.